The van der Waals surface area contributed by atoms with Crippen molar-refractivity contribution < 1.29 is 0 Å². The normalized spacial score (nSPS) is 17.2. The van der Waals surface area contributed by atoms with Gasteiger partial charge in [-0.1, -0.05) is 111 Å². The Balaban J connectivity index is 1.52. The molecule has 0 spiro atoms. The second-order valence-corrected chi connectivity index (χ2v) is 11.3. The summed E-state index contributed by atoms with van der Waals surface area (Å²) in [5.74, 6) is 0. The minimum atomic E-state index is -0.132. The molecule has 3 heteroatoms. The molecule has 0 saturated carbocycles. The van der Waals surface area contributed by atoms with Crippen LogP contribution in [0.2, 0.25) is 0 Å². The minimum absolute atomic E-state index is 0.115. The van der Waals surface area contributed by atoms with E-state index in [1.54, 1.807) is 0 Å². The van der Waals surface area contributed by atoms with E-state index in [9.17, 15) is 0 Å². The molecule has 1 atom stereocenters. The summed E-state index contributed by atoms with van der Waals surface area (Å²) < 4.78 is 2.57. The Hall–Kier alpha value is -4.63. The van der Waals surface area contributed by atoms with E-state index in [-0.39, 0.29) is 11.6 Å². The van der Waals surface area contributed by atoms with Crippen LogP contribution in [-0.4, -0.2) is 17.3 Å². The first-order valence-corrected chi connectivity index (χ1v) is 13.7. The Bertz CT molecular complexity index is 1960. The number of nitrogens with zero attached hydrogens (tertiary/aromatic N) is 3. The first-order chi connectivity index (χ1) is 19.1. The quantitative estimate of drug-likeness (QED) is 0.231. The van der Waals surface area contributed by atoms with E-state index < -0.39 is 0 Å². The predicted octanol–water partition coefficient (Wildman–Crippen LogP) is 8.87. The van der Waals surface area contributed by atoms with Crippen LogP contribution in [0.3, 0.4) is 0 Å². The third-order valence-electron chi connectivity index (χ3n) is 8.82. The van der Waals surface area contributed by atoms with Gasteiger partial charge in [0.15, 0.2) is 6.17 Å². The monoisotopic (exact) mass is 503 g/mol. The van der Waals surface area contributed by atoms with Crippen molar-refractivity contribution in [2.75, 3.05) is 11.9 Å². The maximum absolute atomic E-state index is 5.34. The van der Waals surface area contributed by atoms with Gasteiger partial charge in [-0.3, -0.25) is 0 Å². The van der Waals surface area contributed by atoms with Crippen LogP contribution in [0.15, 0.2) is 120 Å². The molecule has 1 aliphatic carbocycles. The molecule has 0 amide bonds. The number of anilines is 1. The molecule has 0 saturated heterocycles. The average molecular weight is 504 g/mol. The lowest BCUT2D eigenvalue weighted by Crippen LogP contribution is -2.38. The molecule has 2 aliphatic rings. The molecule has 3 nitrogen and oxygen atoms in total. The number of rotatable bonds is 2. The molecule has 0 bridgehead atoms. The van der Waals surface area contributed by atoms with Gasteiger partial charge in [-0.15, -0.1) is 0 Å². The van der Waals surface area contributed by atoms with Gasteiger partial charge < -0.3 is 9.47 Å². The fourth-order valence-corrected chi connectivity index (χ4v) is 7.08. The first kappa shape index (κ1) is 22.4. The lowest BCUT2D eigenvalue weighted by molar-refractivity contribution is 0.633. The number of aliphatic imine (C=N–C) groups is 1. The number of aromatic nitrogens is 1. The molecule has 188 valence electrons. The Morgan fingerprint density at radius 3 is 2.26 bits per heavy atom. The van der Waals surface area contributed by atoms with Gasteiger partial charge in [0.25, 0.3) is 0 Å². The third-order valence-corrected chi connectivity index (χ3v) is 8.82. The molecule has 8 rings (SSSR count). The Kier molecular flexibility index (Phi) is 4.55. The van der Waals surface area contributed by atoms with Crippen molar-refractivity contribution in [3.63, 3.8) is 0 Å². The van der Waals surface area contributed by atoms with E-state index in [4.69, 9.17) is 4.99 Å². The number of hydrogen-bond donors (Lipinski definition) is 0. The van der Waals surface area contributed by atoms with Crippen LogP contribution in [0.25, 0.3) is 32.9 Å². The predicted molar refractivity (Wildman–Crippen MR) is 164 cm³/mol. The molecular weight excluding hydrogens is 474 g/mol. The van der Waals surface area contributed by atoms with Crippen molar-refractivity contribution in [1.82, 2.24) is 4.57 Å². The highest BCUT2D eigenvalue weighted by Gasteiger charge is 2.40. The zero-order chi connectivity index (χ0) is 26.3. The van der Waals surface area contributed by atoms with Gasteiger partial charge in [-0.25, -0.2) is 4.99 Å². The molecule has 1 aliphatic heterocycles. The van der Waals surface area contributed by atoms with Crippen LogP contribution in [0.1, 0.15) is 36.7 Å². The molecule has 1 aromatic heterocycles. The van der Waals surface area contributed by atoms with Gasteiger partial charge in [0.1, 0.15) is 0 Å². The van der Waals surface area contributed by atoms with E-state index in [0.717, 1.165) is 22.6 Å². The highest BCUT2D eigenvalue weighted by atomic mass is 15.3. The lowest BCUT2D eigenvalue weighted by Gasteiger charge is -2.38. The smallest absolute Gasteiger partial charge is 0.150 e. The topological polar surface area (TPSA) is 20.5 Å². The first-order valence-electron chi connectivity index (χ1n) is 13.7. The van der Waals surface area contributed by atoms with E-state index >= 15 is 0 Å². The summed E-state index contributed by atoms with van der Waals surface area (Å²) in [5.41, 5.74) is 12.2. The maximum atomic E-state index is 5.34. The molecule has 5 aromatic carbocycles. The van der Waals surface area contributed by atoms with Crippen molar-refractivity contribution in [2.45, 2.75) is 25.4 Å². The fourth-order valence-electron chi connectivity index (χ4n) is 7.08. The number of para-hydroxylation sites is 3. The molecule has 0 fully saturated rings. The lowest BCUT2D eigenvalue weighted by atomic mass is 9.81. The minimum Gasteiger partial charge on any atom is -0.347 e. The number of hydrogen-bond acceptors (Lipinski definition) is 2. The van der Waals surface area contributed by atoms with Crippen LogP contribution >= 0.6 is 0 Å². The summed E-state index contributed by atoms with van der Waals surface area (Å²) in [6.45, 7) is 4.76. The molecule has 2 heterocycles. The van der Waals surface area contributed by atoms with E-state index in [1.165, 1.54) is 44.1 Å². The van der Waals surface area contributed by atoms with Crippen LogP contribution in [0.4, 0.5) is 11.4 Å². The van der Waals surface area contributed by atoms with Gasteiger partial charge in [-0.05, 0) is 40.5 Å². The molecule has 0 N–H and O–H groups in total. The van der Waals surface area contributed by atoms with Crippen LogP contribution in [0.5, 0.6) is 0 Å². The molecule has 1 unspecified atom stereocenters. The SMILES string of the molecule is CN1c2ccccc2N=C(c2ccccc2)C1n1c2ccccc2c2ccc3c(c21)C(C)(C)c1ccccc1-3. The van der Waals surface area contributed by atoms with Gasteiger partial charge in [0.05, 0.1) is 28.1 Å². The highest BCUT2D eigenvalue weighted by Crippen LogP contribution is 2.53. The number of likely N-dealkylation sites (N-methyl/N-ethyl adjacent to an activating group) is 1. The maximum Gasteiger partial charge on any atom is 0.150 e. The largest absolute Gasteiger partial charge is 0.347 e. The second kappa shape index (κ2) is 7.94. The van der Waals surface area contributed by atoms with Crippen LogP contribution in [0, 0.1) is 0 Å². The summed E-state index contributed by atoms with van der Waals surface area (Å²) in [7, 11) is 2.21. The van der Waals surface area contributed by atoms with Crippen molar-refractivity contribution >= 4 is 38.9 Å². The van der Waals surface area contributed by atoms with Gasteiger partial charge >= 0.3 is 0 Å². The standard InChI is InChI=1S/C36H29N3/c1-36(2)28-17-9-7-15-24(28)26-21-22-27-25-16-8-11-19-30(25)39(34(27)32(26)36)35-33(23-13-5-4-6-14-23)37-29-18-10-12-20-31(29)38(35)3/h4-22,35H,1-3H3. The van der Waals surface area contributed by atoms with Crippen molar-refractivity contribution in [2.24, 2.45) is 4.99 Å². The summed E-state index contributed by atoms with van der Waals surface area (Å²) in [5, 5.41) is 2.58. The zero-order valence-corrected chi connectivity index (χ0v) is 22.4. The summed E-state index contributed by atoms with van der Waals surface area (Å²) >= 11 is 0. The van der Waals surface area contributed by atoms with E-state index in [0.29, 0.717) is 0 Å². The van der Waals surface area contributed by atoms with Gasteiger partial charge in [0, 0.05) is 28.8 Å². The van der Waals surface area contributed by atoms with Crippen LogP contribution in [-0.2, 0) is 5.41 Å². The molecule has 0 radical (unpaired) electrons. The Morgan fingerprint density at radius 1 is 0.667 bits per heavy atom. The summed E-state index contributed by atoms with van der Waals surface area (Å²) in [6, 6.07) is 41.6. The summed E-state index contributed by atoms with van der Waals surface area (Å²) in [4.78, 5) is 7.75. The third kappa shape index (κ3) is 2.96. The van der Waals surface area contributed by atoms with Gasteiger partial charge in [0.2, 0.25) is 0 Å². The Labute approximate surface area is 228 Å². The zero-order valence-electron chi connectivity index (χ0n) is 22.4. The average Bonchev–Trinajstić information content (AvgIpc) is 3.42. The fraction of sp³-hybridized carbons (Fsp3) is 0.139. The van der Waals surface area contributed by atoms with Crippen molar-refractivity contribution in [1.29, 1.82) is 0 Å². The number of fused-ring (bicyclic) bond motifs is 8. The van der Waals surface area contributed by atoms with Crippen molar-refractivity contribution in [3.8, 4) is 11.1 Å². The van der Waals surface area contributed by atoms with Crippen LogP contribution < -0.4 is 4.90 Å². The molecular formula is C36H29N3. The van der Waals surface area contributed by atoms with E-state index in [1.807, 2.05) is 0 Å². The molecule has 39 heavy (non-hydrogen) atoms. The van der Waals surface area contributed by atoms with Gasteiger partial charge in [-0.2, -0.15) is 0 Å². The van der Waals surface area contributed by atoms with Crippen molar-refractivity contribution in [3.05, 3.63) is 132 Å². The molecule has 6 aromatic rings. The summed E-state index contributed by atoms with van der Waals surface area (Å²) in [6.07, 6.45) is -0.115. The second-order valence-electron chi connectivity index (χ2n) is 11.3. The van der Waals surface area contributed by atoms with E-state index in [2.05, 4.69) is 146 Å². The number of benzene rings is 5. The highest BCUT2D eigenvalue weighted by molar-refractivity contribution is 6.15. The Morgan fingerprint density at radius 2 is 1.38 bits per heavy atom.